The zero-order chi connectivity index (χ0) is 16.4. The molecule has 0 bridgehead atoms. The molecule has 0 amide bonds. The van der Waals surface area contributed by atoms with E-state index in [-0.39, 0.29) is 5.56 Å². The Balaban J connectivity index is 1.98. The Kier molecular flexibility index (Phi) is 4.37. The predicted molar refractivity (Wildman–Crippen MR) is 94.8 cm³/mol. The zero-order valence-corrected chi connectivity index (χ0v) is 13.8. The van der Waals surface area contributed by atoms with E-state index in [1.807, 2.05) is 37.3 Å². The number of para-hydroxylation sites is 1. The van der Waals surface area contributed by atoms with Gasteiger partial charge in [-0.15, -0.1) is 0 Å². The van der Waals surface area contributed by atoms with Crippen LogP contribution in [0, 0.1) is 6.92 Å². The van der Waals surface area contributed by atoms with Crippen LogP contribution in [0.5, 0.6) is 0 Å². The third-order valence-corrected chi connectivity index (χ3v) is 4.12. The fourth-order valence-corrected chi connectivity index (χ4v) is 2.47. The second-order valence-corrected chi connectivity index (χ2v) is 5.80. The Morgan fingerprint density at radius 2 is 1.83 bits per heavy atom. The molecule has 0 saturated heterocycles. The van der Waals surface area contributed by atoms with Crippen LogP contribution >= 0.6 is 23.2 Å². The summed E-state index contributed by atoms with van der Waals surface area (Å²) in [5.74, 6) is 0. The number of benzene rings is 2. The standard InChI is InChI=1S/C17H13Cl2N3O/c1-11-14(10-20-12-7-8-15(18)16(19)9-12)17(23)22(21-11)13-5-3-2-4-6-13/h2-10,21H,1H3. The molecule has 116 valence electrons. The first kappa shape index (κ1) is 15.6. The van der Waals surface area contributed by atoms with Gasteiger partial charge in [-0.05, 0) is 37.3 Å². The lowest BCUT2D eigenvalue weighted by Crippen LogP contribution is -2.17. The van der Waals surface area contributed by atoms with Gasteiger partial charge in [-0.2, -0.15) is 0 Å². The summed E-state index contributed by atoms with van der Waals surface area (Å²) < 4.78 is 1.49. The maximum Gasteiger partial charge on any atom is 0.280 e. The second-order valence-electron chi connectivity index (χ2n) is 4.98. The highest BCUT2D eigenvalue weighted by atomic mass is 35.5. The molecule has 0 aliphatic heterocycles. The Hall–Kier alpha value is -2.30. The molecule has 1 aromatic heterocycles. The quantitative estimate of drug-likeness (QED) is 0.696. The molecule has 0 spiro atoms. The van der Waals surface area contributed by atoms with Gasteiger partial charge >= 0.3 is 0 Å². The normalized spacial score (nSPS) is 11.3. The van der Waals surface area contributed by atoms with Crippen molar-refractivity contribution in [3.8, 4) is 5.69 Å². The molecule has 3 rings (SSSR count). The van der Waals surface area contributed by atoms with Crippen LogP contribution in [0.2, 0.25) is 10.0 Å². The number of H-pyrrole nitrogens is 1. The highest BCUT2D eigenvalue weighted by Gasteiger charge is 2.10. The Morgan fingerprint density at radius 1 is 1.09 bits per heavy atom. The molecule has 1 heterocycles. The van der Waals surface area contributed by atoms with E-state index in [4.69, 9.17) is 23.2 Å². The van der Waals surface area contributed by atoms with Crippen molar-refractivity contribution in [1.82, 2.24) is 9.78 Å². The van der Waals surface area contributed by atoms with Crippen molar-refractivity contribution in [2.75, 3.05) is 0 Å². The summed E-state index contributed by atoms with van der Waals surface area (Å²) in [5.41, 5.74) is 2.49. The van der Waals surface area contributed by atoms with Gasteiger partial charge in [0.15, 0.2) is 0 Å². The minimum absolute atomic E-state index is 0.155. The van der Waals surface area contributed by atoms with Crippen LogP contribution < -0.4 is 5.56 Å². The largest absolute Gasteiger partial charge is 0.295 e. The third kappa shape index (κ3) is 3.23. The molecule has 0 saturated carbocycles. The first-order valence-corrected chi connectivity index (χ1v) is 7.68. The number of rotatable bonds is 3. The summed E-state index contributed by atoms with van der Waals surface area (Å²) in [5, 5.41) is 3.94. The van der Waals surface area contributed by atoms with E-state index in [0.717, 1.165) is 11.4 Å². The molecule has 0 fully saturated rings. The van der Waals surface area contributed by atoms with Crippen LogP contribution in [-0.2, 0) is 0 Å². The van der Waals surface area contributed by atoms with E-state index in [9.17, 15) is 4.79 Å². The van der Waals surface area contributed by atoms with Gasteiger partial charge in [-0.25, -0.2) is 4.68 Å². The number of nitrogens with zero attached hydrogens (tertiary/aromatic N) is 2. The minimum atomic E-state index is -0.155. The number of hydrogen-bond donors (Lipinski definition) is 1. The van der Waals surface area contributed by atoms with Crippen molar-refractivity contribution in [2.24, 2.45) is 4.99 Å². The van der Waals surface area contributed by atoms with Crippen LogP contribution in [0.15, 0.2) is 58.3 Å². The molecule has 1 N–H and O–H groups in total. The van der Waals surface area contributed by atoms with Gasteiger partial charge in [-0.1, -0.05) is 41.4 Å². The summed E-state index contributed by atoms with van der Waals surface area (Å²) in [7, 11) is 0. The summed E-state index contributed by atoms with van der Waals surface area (Å²) in [6.07, 6.45) is 1.53. The molecule has 0 aliphatic carbocycles. The van der Waals surface area contributed by atoms with E-state index in [0.29, 0.717) is 21.3 Å². The Labute approximate surface area is 143 Å². The van der Waals surface area contributed by atoms with Gasteiger partial charge in [0.05, 0.1) is 27.0 Å². The predicted octanol–water partition coefficient (Wildman–Crippen LogP) is 4.53. The molecular formula is C17H13Cl2N3O. The van der Waals surface area contributed by atoms with Crippen molar-refractivity contribution in [3.63, 3.8) is 0 Å². The average molecular weight is 346 g/mol. The average Bonchev–Trinajstić information content (AvgIpc) is 2.84. The van der Waals surface area contributed by atoms with Crippen LogP contribution in [0.4, 0.5) is 5.69 Å². The van der Waals surface area contributed by atoms with Crippen LogP contribution in [-0.4, -0.2) is 16.0 Å². The van der Waals surface area contributed by atoms with Gasteiger partial charge < -0.3 is 0 Å². The molecule has 4 nitrogen and oxygen atoms in total. The van der Waals surface area contributed by atoms with Gasteiger partial charge in [0.2, 0.25) is 0 Å². The van der Waals surface area contributed by atoms with Crippen molar-refractivity contribution in [3.05, 3.63) is 80.2 Å². The summed E-state index contributed by atoms with van der Waals surface area (Å²) in [4.78, 5) is 16.8. The van der Waals surface area contributed by atoms with Crippen molar-refractivity contribution in [1.29, 1.82) is 0 Å². The molecule has 0 unspecified atom stereocenters. The summed E-state index contributed by atoms with van der Waals surface area (Å²) >= 11 is 11.8. The fraction of sp³-hybridized carbons (Fsp3) is 0.0588. The number of hydrogen-bond acceptors (Lipinski definition) is 2. The summed E-state index contributed by atoms with van der Waals surface area (Å²) in [6.45, 7) is 1.83. The smallest absolute Gasteiger partial charge is 0.280 e. The second kappa shape index (κ2) is 6.44. The summed E-state index contributed by atoms with van der Waals surface area (Å²) in [6, 6.07) is 14.4. The lowest BCUT2D eigenvalue weighted by molar-refractivity contribution is 0.835. The molecule has 0 atom stereocenters. The topological polar surface area (TPSA) is 50.1 Å². The van der Waals surface area contributed by atoms with Crippen LogP contribution in [0.3, 0.4) is 0 Å². The van der Waals surface area contributed by atoms with Crippen LogP contribution in [0.25, 0.3) is 5.69 Å². The molecule has 2 aromatic carbocycles. The van der Waals surface area contributed by atoms with E-state index in [1.54, 1.807) is 18.2 Å². The van der Waals surface area contributed by atoms with E-state index >= 15 is 0 Å². The SMILES string of the molecule is Cc1[nH]n(-c2ccccc2)c(=O)c1C=Nc1ccc(Cl)c(Cl)c1. The molecular weight excluding hydrogens is 333 g/mol. The lowest BCUT2D eigenvalue weighted by atomic mass is 10.2. The van der Waals surface area contributed by atoms with Crippen LogP contribution in [0.1, 0.15) is 11.3 Å². The molecule has 3 aromatic rings. The third-order valence-electron chi connectivity index (χ3n) is 3.38. The number of aromatic amines is 1. The zero-order valence-electron chi connectivity index (χ0n) is 12.3. The minimum Gasteiger partial charge on any atom is -0.295 e. The Bertz CT molecular complexity index is 927. The molecule has 23 heavy (non-hydrogen) atoms. The first-order valence-electron chi connectivity index (χ1n) is 6.92. The number of nitrogens with one attached hydrogen (secondary N) is 1. The van der Waals surface area contributed by atoms with Crippen molar-refractivity contribution < 1.29 is 0 Å². The van der Waals surface area contributed by atoms with Crippen molar-refractivity contribution >= 4 is 35.1 Å². The monoisotopic (exact) mass is 345 g/mol. The number of aliphatic imine (C=N–C) groups is 1. The maximum absolute atomic E-state index is 12.5. The van der Waals surface area contributed by atoms with Gasteiger partial charge in [-0.3, -0.25) is 14.9 Å². The van der Waals surface area contributed by atoms with Gasteiger partial charge in [0.1, 0.15) is 0 Å². The van der Waals surface area contributed by atoms with Crippen molar-refractivity contribution in [2.45, 2.75) is 6.92 Å². The van der Waals surface area contributed by atoms with Gasteiger partial charge in [0.25, 0.3) is 5.56 Å². The van der Waals surface area contributed by atoms with E-state index < -0.39 is 0 Å². The van der Waals surface area contributed by atoms with Gasteiger partial charge in [0, 0.05) is 11.9 Å². The fourth-order valence-electron chi connectivity index (χ4n) is 2.17. The first-order chi connectivity index (χ1) is 11.1. The highest BCUT2D eigenvalue weighted by molar-refractivity contribution is 6.42. The molecule has 6 heteroatoms. The maximum atomic E-state index is 12.5. The number of aryl methyl sites for hydroxylation is 1. The number of halogens is 2. The molecule has 0 aliphatic rings. The lowest BCUT2D eigenvalue weighted by Gasteiger charge is -1.99. The van der Waals surface area contributed by atoms with E-state index in [2.05, 4.69) is 10.1 Å². The Morgan fingerprint density at radius 3 is 2.52 bits per heavy atom. The number of aromatic nitrogens is 2. The molecule has 0 radical (unpaired) electrons. The highest BCUT2D eigenvalue weighted by Crippen LogP contribution is 2.26. The van der Waals surface area contributed by atoms with E-state index in [1.165, 1.54) is 10.9 Å².